The first-order valence-electron chi connectivity index (χ1n) is 7.42. The number of aromatic nitrogens is 2. The highest BCUT2D eigenvalue weighted by atomic mass is 35.5. The number of nitrogens with two attached hydrogens (primary N) is 1. The molecule has 0 aliphatic heterocycles. The lowest BCUT2D eigenvalue weighted by Crippen LogP contribution is -2.24. The Bertz CT molecular complexity index is 944. The summed E-state index contributed by atoms with van der Waals surface area (Å²) in [5, 5.41) is 22.3. The minimum Gasteiger partial charge on any atom is -0.611 e. The minimum absolute atomic E-state index is 0.148. The van der Waals surface area contributed by atoms with E-state index in [1.54, 1.807) is 0 Å². The maximum atomic E-state index is 13.0. The molecule has 1 atom stereocenters. The molecule has 0 aliphatic carbocycles. The molecule has 0 fully saturated rings. The number of rotatable bonds is 6. The highest BCUT2D eigenvalue weighted by Crippen LogP contribution is 2.39. The predicted molar refractivity (Wildman–Crippen MR) is 100 cm³/mol. The molecule has 0 saturated heterocycles. The number of anilines is 1. The molecule has 2 aromatic rings. The van der Waals surface area contributed by atoms with E-state index in [1.807, 2.05) is 0 Å². The van der Waals surface area contributed by atoms with Gasteiger partial charge in [-0.2, -0.15) is 18.3 Å². The van der Waals surface area contributed by atoms with E-state index >= 15 is 0 Å². The van der Waals surface area contributed by atoms with Crippen LogP contribution in [0, 0.1) is 5.41 Å². The Hall–Kier alpha value is -2.19. The molecule has 0 spiro atoms. The predicted octanol–water partition coefficient (Wildman–Crippen LogP) is 2.14. The Morgan fingerprint density at radius 2 is 1.97 bits per heavy atom. The Morgan fingerprint density at radius 3 is 2.38 bits per heavy atom. The van der Waals surface area contributed by atoms with Gasteiger partial charge in [0, 0.05) is 0 Å². The highest BCUT2D eigenvalue weighted by molar-refractivity contribution is 7.91. The van der Waals surface area contributed by atoms with E-state index in [0.29, 0.717) is 12.1 Å². The van der Waals surface area contributed by atoms with Gasteiger partial charge in [-0.05, 0) is 23.3 Å². The van der Waals surface area contributed by atoms with E-state index in [4.69, 9.17) is 39.6 Å². The zero-order valence-electron chi connectivity index (χ0n) is 14.4. The number of carbonyl (C=O) groups is 1. The van der Waals surface area contributed by atoms with Crippen LogP contribution in [0.5, 0.6) is 0 Å². The van der Waals surface area contributed by atoms with Crippen LogP contribution in [0.4, 0.5) is 19.0 Å². The summed E-state index contributed by atoms with van der Waals surface area (Å²) < 4.78 is 52.1. The van der Waals surface area contributed by atoms with E-state index < -0.39 is 51.2 Å². The third kappa shape index (κ3) is 4.87. The summed E-state index contributed by atoms with van der Waals surface area (Å²) in [6.07, 6.45) is -3.49. The molecule has 158 valence electrons. The summed E-state index contributed by atoms with van der Waals surface area (Å²) in [4.78, 5) is 11.0. The molecule has 1 unspecified atom stereocenters. The third-order valence-corrected chi connectivity index (χ3v) is 5.00. The average molecular weight is 473 g/mol. The molecule has 15 heteroatoms. The molecule has 0 aliphatic rings. The maximum Gasteiger partial charge on any atom is 0.416 e. The molecule has 1 aromatic heterocycles. The standard InChI is InChI=1S/C14H13Cl2F3N6O3S/c1-29(28)11-9(12(21)24-27)23-25(13(11)22-4-8(20)26)10-6(15)2-5(3-7(10)16)14(17,18)19/h2-3,22,27H,4H2,1H3,(H2,20,26)(H2,21,24). The molecule has 0 radical (unpaired) electrons. The fourth-order valence-corrected chi connectivity index (χ4v) is 3.81. The van der Waals surface area contributed by atoms with Crippen LogP contribution in [0.3, 0.4) is 0 Å². The van der Waals surface area contributed by atoms with Crippen LogP contribution in [-0.4, -0.2) is 44.1 Å². The van der Waals surface area contributed by atoms with Crippen LogP contribution in [0.1, 0.15) is 11.3 Å². The van der Waals surface area contributed by atoms with Crippen molar-refractivity contribution in [3.05, 3.63) is 33.4 Å². The van der Waals surface area contributed by atoms with Gasteiger partial charge in [0.15, 0.2) is 17.3 Å². The lowest BCUT2D eigenvalue weighted by atomic mass is 10.2. The number of amidine groups is 1. The Morgan fingerprint density at radius 1 is 1.41 bits per heavy atom. The van der Waals surface area contributed by atoms with Crippen LogP contribution in [-0.2, 0) is 22.1 Å². The quantitative estimate of drug-likeness (QED) is 0.188. The number of hydroxylamine groups is 1. The van der Waals surface area contributed by atoms with Gasteiger partial charge in [-0.15, -0.1) is 0 Å². The van der Waals surface area contributed by atoms with Gasteiger partial charge in [-0.25, -0.2) is 4.68 Å². The summed E-state index contributed by atoms with van der Waals surface area (Å²) in [7, 11) is 0. The molecule has 2 rings (SSSR count). The van der Waals surface area contributed by atoms with Crippen molar-refractivity contribution in [3.63, 3.8) is 0 Å². The van der Waals surface area contributed by atoms with Crippen molar-refractivity contribution in [2.45, 2.75) is 11.1 Å². The normalized spacial score (nSPS) is 12.6. The first-order valence-corrected chi connectivity index (χ1v) is 9.74. The average Bonchev–Trinajstić information content (AvgIpc) is 2.97. The monoisotopic (exact) mass is 472 g/mol. The lowest BCUT2D eigenvalue weighted by Gasteiger charge is -2.15. The summed E-state index contributed by atoms with van der Waals surface area (Å²) in [5.74, 6) is -1.65. The highest BCUT2D eigenvalue weighted by Gasteiger charge is 2.34. The number of hydrogen-bond acceptors (Lipinski definition) is 6. The largest absolute Gasteiger partial charge is 0.611 e. The van der Waals surface area contributed by atoms with Crippen molar-refractivity contribution in [2.75, 3.05) is 18.1 Å². The van der Waals surface area contributed by atoms with Crippen LogP contribution in [0.25, 0.3) is 5.69 Å². The zero-order chi connectivity index (χ0) is 22.1. The second kappa shape index (κ2) is 8.67. The Labute approximate surface area is 174 Å². The smallest absolute Gasteiger partial charge is 0.416 e. The molecule has 1 heterocycles. The van der Waals surface area contributed by atoms with Crippen molar-refractivity contribution < 1.29 is 27.7 Å². The molecular weight excluding hydrogens is 460 g/mol. The topological polar surface area (TPSA) is 152 Å². The molecule has 1 amide bonds. The zero-order valence-corrected chi connectivity index (χ0v) is 16.7. The van der Waals surface area contributed by atoms with Crippen molar-refractivity contribution in [3.8, 4) is 5.69 Å². The molecule has 29 heavy (non-hydrogen) atoms. The van der Waals surface area contributed by atoms with Crippen LogP contribution in [0.15, 0.2) is 17.0 Å². The number of nitrogens with zero attached hydrogens (tertiary/aromatic N) is 2. The molecule has 1 aromatic carbocycles. The first kappa shape index (κ1) is 23.1. The number of primary amides is 1. The number of amides is 1. The van der Waals surface area contributed by atoms with E-state index in [-0.39, 0.29) is 22.1 Å². The van der Waals surface area contributed by atoms with Crippen molar-refractivity contribution in [1.82, 2.24) is 15.3 Å². The van der Waals surface area contributed by atoms with Crippen molar-refractivity contribution in [1.29, 1.82) is 5.41 Å². The van der Waals surface area contributed by atoms with Gasteiger partial charge in [0.05, 0.1) is 22.2 Å². The molecule has 0 bridgehead atoms. The van der Waals surface area contributed by atoms with Crippen LogP contribution in [0.2, 0.25) is 10.0 Å². The number of carbonyl (C=O) groups excluding carboxylic acids is 1. The van der Waals surface area contributed by atoms with Gasteiger partial charge in [-0.3, -0.25) is 20.9 Å². The minimum atomic E-state index is -4.72. The van der Waals surface area contributed by atoms with E-state index in [1.165, 1.54) is 11.7 Å². The fraction of sp³-hybridized carbons (Fsp3) is 0.214. The molecule has 0 saturated carbocycles. The van der Waals surface area contributed by atoms with Crippen molar-refractivity contribution in [2.24, 2.45) is 5.73 Å². The third-order valence-electron chi connectivity index (χ3n) is 3.46. The van der Waals surface area contributed by atoms with E-state index in [2.05, 4.69) is 10.4 Å². The van der Waals surface area contributed by atoms with E-state index in [9.17, 15) is 22.5 Å². The first-order chi connectivity index (χ1) is 13.4. The van der Waals surface area contributed by atoms with E-state index in [0.717, 1.165) is 4.68 Å². The van der Waals surface area contributed by atoms with Gasteiger partial charge in [0.1, 0.15) is 11.9 Å². The Balaban J connectivity index is 2.80. The number of halogens is 5. The number of alkyl halides is 3. The summed E-state index contributed by atoms with van der Waals surface area (Å²) in [5.41, 5.74) is 4.95. The second-order valence-electron chi connectivity index (χ2n) is 5.49. The van der Waals surface area contributed by atoms with Gasteiger partial charge >= 0.3 is 6.18 Å². The fourth-order valence-electron chi connectivity index (χ4n) is 2.31. The van der Waals surface area contributed by atoms with Gasteiger partial charge < -0.3 is 15.6 Å². The number of nitrogens with one attached hydrogen (secondary N) is 3. The Kier molecular flexibility index (Phi) is 6.90. The molecule has 6 N–H and O–H groups in total. The lowest BCUT2D eigenvalue weighted by molar-refractivity contribution is -0.137. The van der Waals surface area contributed by atoms with Crippen LogP contribution < -0.4 is 16.5 Å². The maximum absolute atomic E-state index is 13.0. The van der Waals surface area contributed by atoms with Gasteiger partial charge in [0.25, 0.3) is 0 Å². The number of hydrogen-bond donors (Lipinski definition) is 5. The molecular formula is C14H13Cl2F3N6O3S. The summed E-state index contributed by atoms with van der Waals surface area (Å²) >= 11 is 10.2. The van der Waals surface area contributed by atoms with Gasteiger partial charge in [-0.1, -0.05) is 23.2 Å². The van der Waals surface area contributed by atoms with Crippen molar-refractivity contribution >= 4 is 51.9 Å². The SMILES string of the molecule is C[S+]([O-])c1c(C(=N)NO)nn(-c2c(Cl)cc(C(F)(F)F)cc2Cl)c1NCC(N)=O. The summed E-state index contributed by atoms with van der Waals surface area (Å²) in [6, 6.07) is 1.22. The second-order valence-corrected chi connectivity index (χ2v) is 7.62. The van der Waals surface area contributed by atoms with Crippen LogP contribution >= 0.6 is 23.2 Å². The molecule has 9 nitrogen and oxygen atoms in total. The van der Waals surface area contributed by atoms with Gasteiger partial charge in [0.2, 0.25) is 10.8 Å². The summed E-state index contributed by atoms with van der Waals surface area (Å²) in [6.45, 7) is -0.467. The number of benzene rings is 1.